The van der Waals surface area contributed by atoms with Crippen LogP contribution in [0.4, 0.5) is 14.8 Å². The lowest BCUT2D eigenvalue weighted by Crippen LogP contribution is -2.67. The van der Waals surface area contributed by atoms with Gasteiger partial charge in [-0.1, -0.05) is 0 Å². The predicted octanol–water partition coefficient (Wildman–Crippen LogP) is 2.56. The third-order valence-corrected chi connectivity index (χ3v) is 6.05. The summed E-state index contributed by atoms with van der Waals surface area (Å²) in [5.41, 5.74) is 1.07. The van der Waals surface area contributed by atoms with E-state index in [-0.39, 0.29) is 11.3 Å². The van der Waals surface area contributed by atoms with Gasteiger partial charge in [-0.15, -0.1) is 11.3 Å². The summed E-state index contributed by atoms with van der Waals surface area (Å²) in [4.78, 5) is 23.4. The highest BCUT2D eigenvalue weighted by atomic mass is 32.1. The number of carbonyl (C=O) groups is 1. The Kier molecular flexibility index (Phi) is 4.40. The zero-order valence-corrected chi connectivity index (χ0v) is 17.1. The molecule has 1 amide bonds. The van der Waals surface area contributed by atoms with Gasteiger partial charge in [0.1, 0.15) is 5.01 Å². The van der Waals surface area contributed by atoms with Crippen molar-refractivity contribution in [3.63, 3.8) is 0 Å². The molecule has 8 nitrogen and oxygen atoms in total. The number of hydrogen-bond acceptors (Lipinski definition) is 8. The maximum atomic E-state index is 14.4. The van der Waals surface area contributed by atoms with E-state index < -0.39 is 12.0 Å². The smallest absolute Gasteiger partial charge is 0.423 e. The number of hydrogen-bond donors (Lipinski definition) is 1. The van der Waals surface area contributed by atoms with Crippen molar-refractivity contribution in [3.05, 3.63) is 23.7 Å². The number of thiazole rings is 1. The van der Waals surface area contributed by atoms with E-state index in [1.807, 2.05) is 10.3 Å². The number of likely N-dealkylation sites (N-methyl/N-ethyl adjacent to an activating group) is 1. The van der Waals surface area contributed by atoms with Gasteiger partial charge in [-0.2, -0.15) is 13.8 Å². The molecule has 11 heteroatoms. The molecule has 0 radical (unpaired) electrons. The summed E-state index contributed by atoms with van der Waals surface area (Å²) in [6.45, 7) is 1.45. The van der Waals surface area contributed by atoms with E-state index in [2.05, 4.69) is 15.3 Å². The van der Waals surface area contributed by atoms with Gasteiger partial charge in [0.2, 0.25) is 0 Å². The number of nitrogens with zero attached hydrogens (tertiary/aromatic N) is 4. The van der Waals surface area contributed by atoms with E-state index in [1.54, 1.807) is 12.3 Å². The molecule has 0 saturated carbocycles. The maximum absolute atomic E-state index is 14.4. The Morgan fingerprint density at radius 3 is 2.73 bits per heavy atom. The number of fused-ring (bicyclic) bond motifs is 3. The Hall–Kier alpha value is -2.79. The molecule has 3 saturated heterocycles. The summed E-state index contributed by atoms with van der Waals surface area (Å²) in [7, 11) is 2.48. The molecule has 3 aliphatic rings. The molecule has 30 heavy (non-hydrogen) atoms. The van der Waals surface area contributed by atoms with Crippen molar-refractivity contribution in [1.29, 1.82) is 0 Å². The number of ether oxygens (including phenoxy) is 1. The lowest BCUT2D eigenvalue weighted by molar-refractivity contribution is -0.200. The summed E-state index contributed by atoms with van der Waals surface area (Å²) >= 11 is 1.40. The van der Waals surface area contributed by atoms with Crippen LogP contribution in [-0.4, -0.2) is 66.2 Å². The first-order chi connectivity index (χ1) is 14.3. The molecule has 3 aliphatic heterocycles. The molecule has 0 aliphatic carbocycles. The summed E-state index contributed by atoms with van der Waals surface area (Å²) < 4.78 is 39.6. The molecular weight excluding hydrogens is 416 g/mol. The van der Waals surface area contributed by atoms with Crippen molar-refractivity contribution in [1.82, 2.24) is 20.2 Å². The first kappa shape index (κ1) is 19.2. The molecule has 158 valence electrons. The number of anilines is 1. The number of piperazine rings is 1. The van der Waals surface area contributed by atoms with Gasteiger partial charge >= 0.3 is 12.0 Å². The third-order valence-electron chi connectivity index (χ3n) is 5.24. The van der Waals surface area contributed by atoms with Gasteiger partial charge in [0.15, 0.2) is 16.8 Å². The van der Waals surface area contributed by atoms with E-state index in [1.165, 1.54) is 31.5 Å². The van der Waals surface area contributed by atoms with Crippen molar-refractivity contribution in [2.24, 2.45) is 0 Å². The minimum absolute atomic E-state index is 0.135. The van der Waals surface area contributed by atoms with Gasteiger partial charge in [-0.25, -0.2) is 4.98 Å². The highest BCUT2D eigenvalue weighted by molar-refractivity contribution is 7.13. The number of halogens is 2. The molecule has 2 aromatic heterocycles. The quantitative estimate of drug-likeness (QED) is 0.659. The van der Waals surface area contributed by atoms with Gasteiger partial charge in [-0.3, -0.25) is 4.79 Å². The van der Waals surface area contributed by atoms with Crippen LogP contribution in [0.3, 0.4) is 0 Å². The van der Waals surface area contributed by atoms with Crippen molar-refractivity contribution in [2.45, 2.75) is 24.6 Å². The fourth-order valence-electron chi connectivity index (χ4n) is 3.83. The molecule has 2 unspecified atom stereocenters. The number of benzene rings is 1. The number of carbonyl (C=O) groups excluding carboxylic acids is 1. The van der Waals surface area contributed by atoms with Crippen molar-refractivity contribution in [3.8, 4) is 16.3 Å². The van der Waals surface area contributed by atoms with Crippen LogP contribution in [0.15, 0.2) is 28.1 Å². The largest absolute Gasteiger partial charge is 0.482 e. The Balaban J connectivity index is 1.58. The Bertz CT molecular complexity index is 1090. The van der Waals surface area contributed by atoms with Gasteiger partial charge in [0, 0.05) is 50.8 Å². The molecular formula is C19H19F2N5O3S. The van der Waals surface area contributed by atoms with Crippen LogP contribution < -0.4 is 15.0 Å². The van der Waals surface area contributed by atoms with E-state index in [4.69, 9.17) is 9.15 Å². The molecule has 3 aromatic rings. The number of oxazole rings is 1. The molecule has 2 bridgehead atoms. The fraction of sp³-hybridized carbons (Fsp3) is 0.421. The lowest BCUT2D eigenvalue weighted by atomic mass is 9.92. The molecule has 2 atom stereocenters. The van der Waals surface area contributed by atoms with E-state index in [9.17, 15) is 13.6 Å². The van der Waals surface area contributed by atoms with E-state index in [0.29, 0.717) is 34.3 Å². The minimum Gasteiger partial charge on any atom is -0.423 e. The first-order valence-electron chi connectivity index (χ1n) is 9.45. The Labute approximate surface area is 174 Å². The minimum atomic E-state index is -4.03. The van der Waals surface area contributed by atoms with Crippen LogP contribution in [0.25, 0.3) is 21.7 Å². The average molecular weight is 435 g/mol. The third kappa shape index (κ3) is 3.18. The number of aromatic nitrogens is 2. The summed E-state index contributed by atoms with van der Waals surface area (Å²) in [5.74, 6) is -1.67. The van der Waals surface area contributed by atoms with Crippen LogP contribution in [0.5, 0.6) is 5.75 Å². The highest BCUT2D eigenvalue weighted by Gasteiger charge is 2.44. The maximum Gasteiger partial charge on any atom is 0.482 e. The molecule has 5 heterocycles. The number of rotatable bonds is 5. The van der Waals surface area contributed by atoms with Crippen molar-refractivity contribution < 1.29 is 22.7 Å². The van der Waals surface area contributed by atoms with E-state index in [0.717, 1.165) is 24.4 Å². The first-order valence-corrected chi connectivity index (χ1v) is 10.3. The van der Waals surface area contributed by atoms with Crippen LogP contribution in [-0.2, 0) is 4.79 Å². The van der Waals surface area contributed by atoms with Gasteiger partial charge in [0.25, 0.3) is 6.01 Å². The van der Waals surface area contributed by atoms with Crippen LogP contribution >= 0.6 is 11.3 Å². The second kappa shape index (κ2) is 6.88. The standard InChI is InChI=1S/C19H19F2N5O3S/c1-25(2)17(27)19(20,21)29-13-4-3-12(16-22-5-6-30-16)15-14(13)24-18(28-15)26-8-10-7-11(9-26)23-10/h3-6,10-11,23H,7-9H2,1-2H3. The zero-order valence-electron chi connectivity index (χ0n) is 16.3. The SMILES string of the molecule is CN(C)C(=O)C(F)(F)Oc1ccc(-c2nccs2)c2oc(N3CC4CC(C3)N4)nc12. The Morgan fingerprint density at radius 1 is 1.37 bits per heavy atom. The second-order valence-corrected chi connectivity index (χ2v) is 8.54. The average Bonchev–Trinajstić information content (AvgIpc) is 3.37. The lowest BCUT2D eigenvalue weighted by Gasteiger charge is -2.47. The highest BCUT2D eigenvalue weighted by Crippen LogP contribution is 2.40. The molecule has 1 aromatic carbocycles. The predicted molar refractivity (Wildman–Crippen MR) is 107 cm³/mol. The molecule has 0 spiro atoms. The number of alkyl halides is 2. The molecule has 1 N–H and O–H groups in total. The monoisotopic (exact) mass is 435 g/mol. The summed E-state index contributed by atoms with van der Waals surface area (Å²) in [5, 5.41) is 5.92. The van der Waals surface area contributed by atoms with Crippen LogP contribution in [0, 0.1) is 0 Å². The topological polar surface area (TPSA) is 83.7 Å². The number of nitrogens with one attached hydrogen (secondary N) is 1. The number of piperidine rings is 1. The van der Waals surface area contributed by atoms with Crippen molar-refractivity contribution in [2.75, 3.05) is 32.1 Å². The molecule has 3 fully saturated rings. The second-order valence-electron chi connectivity index (χ2n) is 7.64. The normalized spacial score (nSPS) is 20.9. The van der Waals surface area contributed by atoms with Crippen LogP contribution in [0.2, 0.25) is 0 Å². The van der Waals surface area contributed by atoms with E-state index >= 15 is 0 Å². The number of amides is 1. The van der Waals surface area contributed by atoms with Crippen molar-refractivity contribution >= 4 is 34.4 Å². The zero-order chi connectivity index (χ0) is 21.0. The Morgan fingerprint density at radius 2 is 2.10 bits per heavy atom. The van der Waals surface area contributed by atoms with Gasteiger partial charge in [0.05, 0.1) is 5.56 Å². The summed E-state index contributed by atoms with van der Waals surface area (Å²) in [6.07, 6.45) is -1.27. The molecule has 6 rings (SSSR count). The fourth-order valence-corrected chi connectivity index (χ4v) is 4.49. The van der Waals surface area contributed by atoms with Crippen LogP contribution in [0.1, 0.15) is 6.42 Å². The van der Waals surface area contributed by atoms with Gasteiger partial charge in [-0.05, 0) is 18.6 Å². The summed E-state index contributed by atoms with van der Waals surface area (Å²) in [6, 6.07) is 4.05. The van der Waals surface area contributed by atoms with Gasteiger partial charge < -0.3 is 24.3 Å².